The summed E-state index contributed by atoms with van der Waals surface area (Å²) in [5.74, 6) is -1.32. The molecular weight excluding hydrogens is 212 g/mol. The van der Waals surface area contributed by atoms with Gasteiger partial charge in [0.1, 0.15) is 0 Å². The van der Waals surface area contributed by atoms with Crippen LogP contribution in [0.1, 0.15) is 26.2 Å². The largest absolute Gasteiger partial charge is 0.479 e. The van der Waals surface area contributed by atoms with Crippen LogP contribution in [0.3, 0.4) is 0 Å². The molecule has 0 radical (unpaired) electrons. The fourth-order valence-corrected chi connectivity index (χ4v) is 2.01. The van der Waals surface area contributed by atoms with E-state index >= 15 is 0 Å². The SMILES string of the molecule is CCCC1(C(=O)NOCC(=O)O)CCNC1. The third-order valence-corrected chi connectivity index (χ3v) is 2.81. The van der Waals surface area contributed by atoms with Crippen LogP contribution < -0.4 is 10.8 Å². The van der Waals surface area contributed by atoms with Crippen molar-refractivity contribution in [1.29, 1.82) is 0 Å². The van der Waals surface area contributed by atoms with Crippen LogP contribution in [-0.2, 0) is 14.4 Å². The van der Waals surface area contributed by atoms with E-state index in [0.717, 1.165) is 25.8 Å². The molecule has 0 aromatic rings. The molecule has 16 heavy (non-hydrogen) atoms. The van der Waals surface area contributed by atoms with E-state index in [-0.39, 0.29) is 5.91 Å². The number of hydrogen-bond donors (Lipinski definition) is 3. The molecular formula is C10H18N2O4. The van der Waals surface area contributed by atoms with Crippen molar-refractivity contribution in [1.82, 2.24) is 10.8 Å². The number of nitrogens with one attached hydrogen (secondary N) is 2. The Morgan fingerprint density at radius 2 is 2.31 bits per heavy atom. The van der Waals surface area contributed by atoms with Crippen LogP contribution >= 0.6 is 0 Å². The third kappa shape index (κ3) is 3.18. The van der Waals surface area contributed by atoms with Crippen molar-refractivity contribution < 1.29 is 19.5 Å². The van der Waals surface area contributed by atoms with Gasteiger partial charge in [0.15, 0.2) is 6.61 Å². The summed E-state index contributed by atoms with van der Waals surface area (Å²) in [6, 6.07) is 0. The Bertz CT molecular complexity index is 262. The van der Waals surface area contributed by atoms with E-state index in [1.54, 1.807) is 0 Å². The van der Waals surface area contributed by atoms with Gasteiger partial charge in [-0.15, -0.1) is 0 Å². The molecule has 0 saturated carbocycles. The van der Waals surface area contributed by atoms with E-state index in [2.05, 4.69) is 15.6 Å². The summed E-state index contributed by atoms with van der Waals surface area (Å²) >= 11 is 0. The number of rotatable bonds is 6. The first-order valence-electron chi connectivity index (χ1n) is 5.45. The van der Waals surface area contributed by atoms with E-state index in [1.165, 1.54) is 0 Å². The fourth-order valence-electron chi connectivity index (χ4n) is 2.01. The van der Waals surface area contributed by atoms with Gasteiger partial charge in [0.25, 0.3) is 5.91 Å². The second kappa shape index (κ2) is 5.81. The molecule has 6 nitrogen and oxygen atoms in total. The van der Waals surface area contributed by atoms with Gasteiger partial charge >= 0.3 is 5.97 Å². The van der Waals surface area contributed by atoms with Crippen molar-refractivity contribution in [3.8, 4) is 0 Å². The maximum atomic E-state index is 11.9. The molecule has 1 unspecified atom stereocenters. The molecule has 1 fully saturated rings. The first-order valence-corrected chi connectivity index (χ1v) is 5.45. The van der Waals surface area contributed by atoms with E-state index in [0.29, 0.717) is 6.54 Å². The van der Waals surface area contributed by atoms with Gasteiger partial charge < -0.3 is 10.4 Å². The lowest BCUT2D eigenvalue weighted by molar-refractivity contribution is -0.153. The van der Waals surface area contributed by atoms with Crippen molar-refractivity contribution in [2.24, 2.45) is 5.41 Å². The summed E-state index contributed by atoms with van der Waals surface area (Å²) in [4.78, 5) is 26.7. The van der Waals surface area contributed by atoms with Gasteiger partial charge in [-0.1, -0.05) is 13.3 Å². The van der Waals surface area contributed by atoms with Gasteiger partial charge in [0.05, 0.1) is 5.41 Å². The minimum atomic E-state index is -1.10. The molecule has 1 aliphatic rings. The number of hydrogen-bond acceptors (Lipinski definition) is 4. The first kappa shape index (κ1) is 12.9. The van der Waals surface area contributed by atoms with Crippen LogP contribution in [0.2, 0.25) is 0 Å². The van der Waals surface area contributed by atoms with Crippen molar-refractivity contribution in [2.45, 2.75) is 26.2 Å². The third-order valence-electron chi connectivity index (χ3n) is 2.81. The van der Waals surface area contributed by atoms with E-state index in [4.69, 9.17) is 5.11 Å². The predicted octanol–water partition coefficient (Wildman–Crippen LogP) is -0.101. The Morgan fingerprint density at radius 3 is 2.81 bits per heavy atom. The van der Waals surface area contributed by atoms with Crippen molar-refractivity contribution in [2.75, 3.05) is 19.7 Å². The lowest BCUT2D eigenvalue weighted by Crippen LogP contribution is -2.43. The van der Waals surface area contributed by atoms with Crippen molar-refractivity contribution in [3.63, 3.8) is 0 Å². The minimum absolute atomic E-state index is 0.222. The molecule has 1 atom stereocenters. The topological polar surface area (TPSA) is 87.7 Å². The molecule has 1 amide bonds. The standard InChI is InChI=1S/C10H18N2O4/c1-2-3-10(4-5-11-7-10)9(15)12-16-6-8(13)14/h11H,2-7H2,1H3,(H,12,15)(H,13,14). The van der Waals surface area contributed by atoms with E-state index in [1.807, 2.05) is 6.92 Å². The molecule has 1 saturated heterocycles. The highest BCUT2D eigenvalue weighted by Gasteiger charge is 2.40. The summed E-state index contributed by atoms with van der Waals surface area (Å²) in [6.07, 6.45) is 2.46. The van der Waals surface area contributed by atoms with Gasteiger partial charge in [0.2, 0.25) is 0 Å². The highest BCUT2D eigenvalue weighted by molar-refractivity contribution is 5.82. The normalized spacial score (nSPS) is 24.3. The number of carbonyl (C=O) groups excluding carboxylic acids is 1. The zero-order chi connectivity index (χ0) is 12.0. The molecule has 1 aliphatic heterocycles. The molecule has 0 aromatic heterocycles. The zero-order valence-electron chi connectivity index (χ0n) is 9.41. The Kier molecular flexibility index (Phi) is 4.70. The number of carboxylic acids is 1. The predicted molar refractivity (Wildman–Crippen MR) is 56.6 cm³/mol. The smallest absolute Gasteiger partial charge is 0.332 e. The molecule has 6 heteroatoms. The molecule has 1 rings (SSSR count). The Hall–Kier alpha value is -1.14. The summed E-state index contributed by atoms with van der Waals surface area (Å²) in [5, 5.41) is 11.5. The minimum Gasteiger partial charge on any atom is -0.479 e. The quantitative estimate of drug-likeness (QED) is 0.554. The second-order valence-electron chi connectivity index (χ2n) is 4.07. The van der Waals surface area contributed by atoms with Gasteiger partial charge in [-0.25, -0.2) is 10.3 Å². The van der Waals surface area contributed by atoms with Gasteiger partial charge in [-0.3, -0.25) is 9.63 Å². The number of hydroxylamine groups is 1. The molecule has 0 bridgehead atoms. The fraction of sp³-hybridized carbons (Fsp3) is 0.800. The van der Waals surface area contributed by atoms with Crippen LogP contribution in [-0.4, -0.2) is 36.7 Å². The Labute approximate surface area is 94.3 Å². The van der Waals surface area contributed by atoms with Crippen LogP contribution in [0.25, 0.3) is 0 Å². The summed E-state index contributed by atoms with van der Waals surface area (Å²) in [6.45, 7) is 2.95. The van der Waals surface area contributed by atoms with Crippen LogP contribution in [0.5, 0.6) is 0 Å². The first-order chi connectivity index (χ1) is 7.60. The van der Waals surface area contributed by atoms with Crippen LogP contribution in [0.4, 0.5) is 0 Å². The maximum Gasteiger partial charge on any atom is 0.332 e. The lowest BCUT2D eigenvalue weighted by atomic mass is 9.82. The number of carbonyl (C=O) groups is 2. The molecule has 1 heterocycles. The zero-order valence-corrected chi connectivity index (χ0v) is 9.41. The molecule has 0 aliphatic carbocycles. The second-order valence-corrected chi connectivity index (χ2v) is 4.07. The maximum absolute atomic E-state index is 11.9. The number of aliphatic carboxylic acids is 1. The summed E-state index contributed by atoms with van der Waals surface area (Å²) in [5.41, 5.74) is 1.78. The molecule has 3 N–H and O–H groups in total. The number of amides is 1. The molecule has 0 aromatic carbocycles. The average molecular weight is 230 g/mol. The number of carboxylic acid groups (broad SMARTS) is 1. The summed E-state index contributed by atoms with van der Waals surface area (Å²) in [7, 11) is 0. The highest BCUT2D eigenvalue weighted by atomic mass is 16.7. The van der Waals surface area contributed by atoms with Crippen molar-refractivity contribution in [3.05, 3.63) is 0 Å². The Morgan fingerprint density at radius 1 is 1.56 bits per heavy atom. The van der Waals surface area contributed by atoms with Gasteiger partial charge in [-0.05, 0) is 19.4 Å². The van der Waals surface area contributed by atoms with Crippen LogP contribution in [0.15, 0.2) is 0 Å². The molecule has 0 spiro atoms. The van der Waals surface area contributed by atoms with Crippen molar-refractivity contribution >= 4 is 11.9 Å². The summed E-state index contributed by atoms with van der Waals surface area (Å²) < 4.78 is 0. The highest BCUT2D eigenvalue weighted by Crippen LogP contribution is 2.31. The molecule has 92 valence electrons. The van der Waals surface area contributed by atoms with E-state index < -0.39 is 18.0 Å². The van der Waals surface area contributed by atoms with Gasteiger partial charge in [0, 0.05) is 6.54 Å². The van der Waals surface area contributed by atoms with Gasteiger partial charge in [-0.2, -0.15) is 0 Å². The van der Waals surface area contributed by atoms with E-state index in [9.17, 15) is 9.59 Å². The van der Waals surface area contributed by atoms with Crippen LogP contribution in [0, 0.1) is 5.41 Å². The lowest BCUT2D eigenvalue weighted by Gasteiger charge is -2.25. The average Bonchev–Trinajstić information content (AvgIpc) is 2.67. The monoisotopic (exact) mass is 230 g/mol. The Balaban J connectivity index is 2.45.